The summed E-state index contributed by atoms with van der Waals surface area (Å²) in [6.45, 7) is 11.9. The van der Waals surface area contributed by atoms with Crippen LogP contribution in [0.5, 0.6) is 5.75 Å². The summed E-state index contributed by atoms with van der Waals surface area (Å²) in [4.78, 5) is 42.8. The summed E-state index contributed by atoms with van der Waals surface area (Å²) >= 11 is 0. The molecular weight excluding hydrogens is 549 g/mol. The molecule has 4 aromatic rings. The zero-order valence-electron chi connectivity index (χ0n) is 23.5. The minimum Gasteiger partial charge on any atom is -0.505 e. The Morgan fingerprint density at radius 1 is 1.12 bits per heavy atom. The first-order chi connectivity index (χ1) is 19.9. The predicted molar refractivity (Wildman–Crippen MR) is 152 cm³/mol. The maximum Gasteiger partial charge on any atom is 0.355 e. The Hall–Kier alpha value is -4.74. The van der Waals surface area contributed by atoms with Crippen LogP contribution in [0, 0.1) is 24.4 Å². The highest BCUT2D eigenvalue weighted by Crippen LogP contribution is 2.35. The van der Waals surface area contributed by atoms with Gasteiger partial charge in [0.05, 0.1) is 16.8 Å². The number of aromatic nitrogens is 4. The predicted octanol–water partition coefficient (Wildman–Crippen LogP) is 4.62. The van der Waals surface area contributed by atoms with Gasteiger partial charge in [-0.3, -0.25) is 9.78 Å². The second kappa shape index (κ2) is 10.9. The van der Waals surface area contributed by atoms with Crippen LogP contribution in [0.15, 0.2) is 47.9 Å². The van der Waals surface area contributed by atoms with E-state index in [1.54, 1.807) is 29.0 Å². The average Bonchev–Trinajstić information content (AvgIpc) is 2.94. The largest absolute Gasteiger partial charge is 0.505 e. The summed E-state index contributed by atoms with van der Waals surface area (Å²) in [6, 6.07) is 3.70. The number of piperazine rings is 1. The van der Waals surface area contributed by atoms with E-state index in [0.29, 0.717) is 42.6 Å². The van der Waals surface area contributed by atoms with Crippen LogP contribution in [0.3, 0.4) is 0 Å². The number of amides is 1. The van der Waals surface area contributed by atoms with Gasteiger partial charge in [-0.1, -0.05) is 20.4 Å². The smallest absolute Gasteiger partial charge is 0.355 e. The molecule has 1 aromatic carbocycles. The third kappa shape index (κ3) is 4.86. The zero-order valence-corrected chi connectivity index (χ0v) is 23.5. The lowest BCUT2D eigenvalue weighted by Gasteiger charge is -2.40. The van der Waals surface area contributed by atoms with E-state index in [2.05, 4.69) is 21.5 Å². The van der Waals surface area contributed by atoms with E-state index >= 15 is 4.39 Å². The number of carbonyl (C=O) groups excluding carboxylic acids is 1. The van der Waals surface area contributed by atoms with Crippen molar-refractivity contribution in [3.05, 3.63) is 82.3 Å². The number of halogens is 3. The first-order valence-corrected chi connectivity index (χ1v) is 13.4. The van der Waals surface area contributed by atoms with Crippen LogP contribution in [-0.2, 0) is 4.79 Å². The van der Waals surface area contributed by atoms with Gasteiger partial charge in [-0.2, -0.15) is 4.98 Å². The van der Waals surface area contributed by atoms with Crippen LogP contribution >= 0.6 is 0 Å². The summed E-state index contributed by atoms with van der Waals surface area (Å²) in [5.74, 6) is -4.41. The number of pyridine rings is 2. The maximum absolute atomic E-state index is 15.8. The summed E-state index contributed by atoms with van der Waals surface area (Å²) in [5.41, 5.74) is -0.112. The molecule has 0 unspecified atom stereocenters. The molecule has 3 aromatic heterocycles. The highest BCUT2D eigenvalue weighted by Gasteiger charge is 2.31. The Bertz CT molecular complexity index is 1810. The number of carbonyl (C=O) groups is 1. The van der Waals surface area contributed by atoms with E-state index in [-0.39, 0.29) is 34.7 Å². The van der Waals surface area contributed by atoms with Gasteiger partial charge < -0.3 is 14.9 Å². The Balaban J connectivity index is 1.83. The molecule has 9 nitrogen and oxygen atoms in total. The van der Waals surface area contributed by atoms with Crippen molar-refractivity contribution in [2.75, 3.05) is 24.5 Å². The van der Waals surface area contributed by atoms with Crippen molar-refractivity contribution >= 4 is 22.8 Å². The van der Waals surface area contributed by atoms with Crippen molar-refractivity contribution in [1.82, 2.24) is 24.4 Å². The van der Waals surface area contributed by atoms with Crippen molar-refractivity contribution in [2.24, 2.45) is 0 Å². The van der Waals surface area contributed by atoms with Crippen LogP contribution in [-0.4, -0.2) is 61.1 Å². The van der Waals surface area contributed by atoms with Gasteiger partial charge in [-0.15, -0.1) is 0 Å². The molecular formula is C30H29F3N6O3. The minimum absolute atomic E-state index is 0.0283. The maximum atomic E-state index is 15.8. The van der Waals surface area contributed by atoms with Crippen molar-refractivity contribution in [2.45, 2.75) is 39.7 Å². The standard InChI is InChI=1S/C30H29F3N6O3/c1-6-24(41)37-9-10-38(17(5)14-37)28-19-11-22(33)26(18-12-23(40)21(32)13-20(18)31)35-29(19)39(30(42)36-28)27-16(4)7-8-34-25(27)15(2)3/h6-8,11-13,15,17,40H,1,9-10,14H2,2-5H3/t17-/m0/s1. The fourth-order valence-corrected chi connectivity index (χ4v) is 5.32. The fraction of sp³-hybridized carbons (Fsp3) is 0.300. The number of hydrogen-bond acceptors (Lipinski definition) is 7. The number of aromatic hydroxyl groups is 1. The van der Waals surface area contributed by atoms with Gasteiger partial charge in [0.25, 0.3) is 0 Å². The summed E-state index contributed by atoms with van der Waals surface area (Å²) in [6.07, 6.45) is 2.84. The number of phenolic OH excluding ortho intramolecular Hbond substituents is 1. The van der Waals surface area contributed by atoms with Gasteiger partial charge in [0, 0.05) is 43.5 Å². The molecule has 1 fully saturated rings. The number of benzene rings is 1. The van der Waals surface area contributed by atoms with E-state index < -0.39 is 40.1 Å². The molecule has 218 valence electrons. The lowest BCUT2D eigenvalue weighted by atomic mass is 10.0. The fourth-order valence-electron chi connectivity index (χ4n) is 5.32. The Morgan fingerprint density at radius 2 is 1.86 bits per heavy atom. The number of aryl methyl sites for hydroxylation is 1. The van der Waals surface area contributed by atoms with Gasteiger partial charge in [0.1, 0.15) is 23.1 Å². The van der Waals surface area contributed by atoms with Crippen molar-refractivity contribution < 1.29 is 23.1 Å². The van der Waals surface area contributed by atoms with Crippen molar-refractivity contribution in [3.8, 4) is 22.7 Å². The Morgan fingerprint density at radius 3 is 2.52 bits per heavy atom. The number of fused-ring (bicyclic) bond motifs is 1. The highest BCUT2D eigenvalue weighted by atomic mass is 19.1. The zero-order chi connectivity index (χ0) is 30.5. The summed E-state index contributed by atoms with van der Waals surface area (Å²) in [7, 11) is 0. The molecule has 1 saturated heterocycles. The van der Waals surface area contributed by atoms with Crippen LogP contribution in [0.1, 0.15) is 37.9 Å². The monoisotopic (exact) mass is 578 g/mol. The molecule has 4 heterocycles. The van der Waals surface area contributed by atoms with Crippen molar-refractivity contribution in [3.63, 3.8) is 0 Å². The van der Waals surface area contributed by atoms with Crippen LogP contribution in [0.2, 0.25) is 0 Å². The molecule has 1 amide bonds. The van der Waals surface area contributed by atoms with E-state index in [0.717, 1.165) is 12.1 Å². The first kappa shape index (κ1) is 28.8. The second-order valence-corrected chi connectivity index (χ2v) is 10.6. The Kier molecular flexibility index (Phi) is 7.48. The van der Waals surface area contributed by atoms with Crippen LogP contribution in [0.25, 0.3) is 28.0 Å². The molecule has 1 atom stereocenters. The minimum atomic E-state index is -1.21. The second-order valence-electron chi connectivity index (χ2n) is 10.6. The number of nitrogens with zero attached hydrogens (tertiary/aromatic N) is 6. The van der Waals surface area contributed by atoms with E-state index in [9.17, 15) is 23.5 Å². The SMILES string of the molecule is C=CC(=O)N1CCN(c2nc(=O)n(-c3c(C)ccnc3C(C)C)c3nc(-c4cc(O)c(F)cc4F)c(F)cc23)[C@@H](C)C1. The molecule has 1 aliphatic rings. The van der Waals surface area contributed by atoms with Crippen molar-refractivity contribution in [1.29, 1.82) is 0 Å². The number of hydrogen-bond donors (Lipinski definition) is 1. The first-order valence-electron chi connectivity index (χ1n) is 13.4. The van der Waals surface area contributed by atoms with Gasteiger partial charge in [0.15, 0.2) is 17.2 Å². The third-order valence-corrected chi connectivity index (χ3v) is 7.40. The van der Waals surface area contributed by atoms with Gasteiger partial charge in [-0.25, -0.2) is 27.5 Å². The molecule has 0 spiro atoms. The quantitative estimate of drug-likeness (QED) is 0.345. The Labute approximate surface area is 239 Å². The molecule has 0 radical (unpaired) electrons. The van der Waals surface area contributed by atoms with Crippen LogP contribution in [0.4, 0.5) is 19.0 Å². The number of anilines is 1. The van der Waals surface area contributed by atoms with E-state index in [1.165, 1.54) is 10.6 Å². The van der Waals surface area contributed by atoms with Gasteiger partial charge in [0.2, 0.25) is 5.91 Å². The molecule has 5 rings (SSSR count). The summed E-state index contributed by atoms with van der Waals surface area (Å²) in [5, 5.41) is 10.1. The highest BCUT2D eigenvalue weighted by molar-refractivity contribution is 5.91. The van der Waals surface area contributed by atoms with Gasteiger partial charge in [-0.05, 0) is 49.6 Å². The topological polar surface area (TPSA) is 104 Å². The molecule has 0 aliphatic carbocycles. The lowest BCUT2D eigenvalue weighted by Crippen LogP contribution is -2.54. The van der Waals surface area contributed by atoms with Crippen LogP contribution < -0.4 is 10.6 Å². The average molecular weight is 579 g/mol. The molecule has 0 bridgehead atoms. The molecule has 0 saturated carbocycles. The molecule has 1 aliphatic heterocycles. The molecule has 12 heteroatoms. The molecule has 1 N–H and O–H groups in total. The number of rotatable bonds is 5. The van der Waals surface area contributed by atoms with Gasteiger partial charge >= 0.3 is 5.69 Å². The number of phenols is 1. The summed E-state index contributed by atoms with van der Waals surface area (Å²) < 4.78 is 45.7. The molecule has 42 heavy (non-hydrogen) atoms. The van der Waals surface area contributed by atoms with E-state index in [1.807, 2.05) is 20.8 Å². The van der Waals surface area contributed by atoms with E-state index in [4.69, 9.17) is 0 Å². The normalized spacial score (nSPS) is 15.5. The third-order valence-electron chi connectivity index (χ3n) is 7.40. The lowest BCUT2D eigenvalue weighted by molar-refractivity contribution is -0.126.